The summed E-state index contributed by atoms with van der Waals surface area (Å²) in [6.45, 7) is 5.54. The Hall–Kier alpha value is -1.21. The molecule has 0 aliphatic heterocycles. The van der Waals surface area contributed by atoms with Crippen LogP contribution in [0.3, 0.4) is 0 Å². The molecule has 0 radical (unpaired) electrons. The molecule has 7 heteroatoms. The molecule has 1 atom stereocenters. The van der Waals surface area contributed by atoms with Crippen LogP contribution in [-0.4, -0.2) is 20.8 Å². The topological polar surface area (TPSA) is 69.4 Å². The lowest BCUT2D eigenvalue weighted by molar-refractivity contribution is 0.162. The predicted octanol–water partition coefficient (Wildman–Crippen LogP) is 2.29. The Morgan fingerprint density at radius 2 is 1.70 bits per heavy atom. The van der Waals surface area contributed by atoms with Crippen molar-refractivity contribution in [3.63, 3.8) is 0 Å². The minimum atomic E-state index is -3.66. The van der Waals surface area contributed by atoms with E-state index in [1.54, 1.807) is 0 Å². The molecule has 1 unspecified atom stereocenters. The fraction of sp³-hybridized carbons (Fsp3) is 0.538. The highest BCUT2D eigenvalue weighted by Gasteiger charge is 2.29. The third kappa shape index (κ3) is 5.83. The molecule has 0 saturated heterocycles. The van der Waals surface area contributed by atoms with Gasteiger partial charge in [0.1, 0.15) is 17.4 Å². The molecule has 0 aliphatic rings. The van der Waals surface area contributed by atoms with Gasteiger partial charge in [-0.2, -0.15) is 0 Å². The van der Waals surface area contributed by atoms with Crippen molar-refractivity contribution in [2.45, 2.75) is 20.8 Å². The maximum Gasteiger partial charge on any atom is 0.209 e. The fourth-order valence-electron chi connectivity index (χ4n) is 1.64. The van der Waals surface area contributed by atoms with Gasteiger partial charge in [0.15, 0.2) is 0 Å². The van der Waals surface area contributed by atoms with Crippen LogP contribution < -0.4 is 9.88 Å². The average Bonchev–Trinajstić information content (AvgIpc) is 2.19. The van der Waals surface area contributed by atoms with E-state index in [0.29, 0.717) is 0 Å². The maximum absolute atomic E-state index is 13.0. The average molecular weight is 307 g/mol. The van der Waals surface area contributed by atoms with E-state index in [-0.39, 0.29) is 23.5 Å². The van der Waals surface area contributed by atoms with Crippen molar-refractivity contribution in [3.05, 3.63) is 29.8 Å². The van der Waals surface area contributed by atoms with Gasteiger partial charge in [-0.05, 0) is 5.41 Å². The van der Waals surface area contributed by atoms with E-state index in [2.05, 4.69) is 0 Å². The zero-order valence-corrected chi connectivity index (χ0v) is 12.5. The summed E-state index contributed by atoms with van der Waals surface area (Å²) in [5.74, 6) is -2.14. The number of ether oxygens (including phenoxy) is 1. The molecule has 114 valence electrons. The van der Waals surface area contributed by atoms with Gasteiger partial charge in [-0.3, -0.25) is 0 Å². The van der Waals surface area contributed by atoms with Crippen LogP contribution in [0.1, 0.15) is 20.8 Å². The first-order chi connectivity index (χ1) is 8.97. The molecule has 0 aromatic heterocycles. The number of nitrogens with two attached hydrogens (primary N) is 1. The summed E-state index contributed by atoms with van der Waals surface area (Å²) in [7, 11) is -3.66. The third-order valence-electron chi connectivity index (χ3n) is 2.95. The van der Waals surface area contributed by atoms with Crippen molar-refractivity contribution in [2.75, 3.05) is 12.4 Å². The van der Waals surface area contributed by atoms with E-state index in [1.807, 2.05) is 20.8 Å². The number of rotatable bonds is 5. The smallest absolute Gasteiger partial charge is 0.209 e. The van der Waals surface area contributed by atoms with Crippen molar-refractivity contribution >= 4 is 10.0 Å². The molecule has 0 fully saturated rings. The molecule has 4 nitrogen and oxygen atoms in total. The van der Waals surface area contributed by atoms with Gasteiger partial charge in [0.2, 0.25) is 10.0 Å². The maximum atomic E-state index is 13.0. The normalized spacial score (nSPS) is 14.1. The van der Waals surface area contributed by atoms with Crippen LogP contribution in [-0.2, 0) is 10.0 Å². The van der Waals surface area contributed by atoms with Crippen molar-refractivity contribution in [2.24, 2.45) is 16.5 Å². The number of hydrogen-bond donors (Lipinski definition) is 1. The number of primary sulfonamides is 1. The molecule has 2 N–H and O–H groups in total. The summed E-state index contributed by atoms with van der Waals surface area (Å²) in [4.78, 5) is 0. The van der Waals surface area contributed by atoms with Gasteiger partial charge in [-0.25, -0.2) is 22.3 Å². The van der Waals surface area contributed by atoms with Crippen molar-refractivity contribution < 1.29 is 21.9 Å². The highest BCUT2D eigenvalue weighted by atomic mass is 32.2. The van der Waals surface area contributed by atoms with Gasteiger partial charge in [0.25, 0.3) is 0 Å². The zero-order chi connectivity index (χ0) is 15.6. The van der Waals surface area contributed by atoms with Gasteiger partial charge >= 0.3 is 0 Å². The molecular weight excluding hydrogens is 288 g/mol. The van der Waals surface area contributed by atoms with Crippen LogP contribution in [0.25, 0.3) is 0 Å². The number of benzene rings is 1. The molecule has 0 spiro atoms. The zero-order valence-electron chi connectivity index (χ0n) is 11.7. The van der Waals surface area contributed by atoms with Crippen LogP contribution in [0.5, 0.6) is 5.75 Å². The summed E-state index contributed by atoms with van der Waals surface area (Å²) in [6, 6.07) is 2.82. The molecule has 0 saturated carbocycles. The Balaban J connectivity index is 2.81. The van der Waals surface area contributed by atoms with Crippen LogP contribution in [0.4, 0.5) is 8.78 Å². The second-order valence-corrected chi connectivity index (χ2v) is 7.47. The molecule has 0 amide bonds. The predicted molar refractivity (Wildman–Crippen MR) is 72.8 cm³/mol. The highest BCUT2D eigenvalue weighted by molar-refractivity contribution is 7.89. The molecule has 0 heterocycles. The second kappa shape index (κ2) is 6.05. The monoisotopic (exact) mass is 307 g/mol. The third-order valence-corrected chi connectivity index (χ3v) is 3.81. The van der Waals surface area contributed by atoms with Gasteiger partial charge in [-0.1, -0.05) is 20.8 Å². The van der Waals surface area contributed by atoms with Crippen LogP contribution in [0.15, 0.2) is 18.2 Å². The van der Waals surface area contributed by atoms with Gasteiger partial charge in [0, 0.05) is 24.1 Å². The molecule has 20 heavy (non-hydrogen) atoms. The van der Waals surface area contributed by atoms with Crippen LogP contribution >= 0.6 is 0 Å². The number of hydrogen-bond acceptors (Lipinski definition) is 3. The summed E-state index contributed by atoms with van der Waals surface area (Å²) >= 11 is 0. The molecule has 1 aromatic carbocycles. The standard InChI is InChI=1S/C13H19F2NO3S/c1-13(2,3)9(8-20(16,17)18)7-19-12-5-10(14)4-11(15)6-12/h4-6,9H,7-8H2,1-3H3,(H2,16,17,18). The molecular formula is C13H19F2NO3S. The molecule has 0 aliphatic carbocycles. The summed E-state index contributed by atoms with van der Waals surface area (Å²) in [5, 5.41) is 5.05. The van der Waals surface area contributed by atoms with E-state index >= 15 is 0 Å². The van der Waals surface area contributed by atoms with E-state index in [1.165, 1.54) is 0 Å². The lowest BCUT2D eigenvalue weighted by Gasteiger charge is -2.29. The van der Waals surface area contributed by atoms with Crippen LogP contribution in [0, 0.1) is 23.0 Å². The second-order valence-electron chi connectivity index (χ2n) is 5.81. The quantitative estimate of drug-likeness (QED) is 0.907. The Kier molecular flexibility index (Phi) is 5.10. The molecule has 1 aromatic rings. The van der Waals surface area contributed by atoms with Crippen molar-refractivity contribution in [1.29, 1.82) is 0 Å². The first-order valence-corrected chi connectivity index (χ1v) is 7.78. The lowest BCUT2D eigenvalue weighted by atomic mass is 9.82. The Morgan fingerprint density at radius 3 is 2.10 bits per heavy atom. The largest absolute Gasteiger partial charge is 0.493 e. The van der Waals surface area contributed by atoms with Crippen molar-refractivity contribution in [1.82, 2.24) is 0 Å². The Bertz CT molecular complexity index is 547. The van der Waals surface area contributed by atoms with E-state index in [0.717, 1.165) is 18.2 Å². The fourth-order valence-corrected chi connectivity index (χ4v) is 2.79. The number of sulfonamides is 1. The summed E-state index contributed by atoms with van der Waals surface area (Å²) < 4.78 is 53.8. The first-order valence-electron chi connectivity index (χ1n) is 6.07. The summed E-state index contributed by atoms with van der Waals surface area (Å²) in [6.07, 6.45) is 0. The minimum absolute atomic E-state index is 0.00280. The Labute approximate surface area is 118 Å². The molecule has 1 rings (SSSR count). The van der Waals surface area contributed by atoms with Gasteiger partial charge < -0.3 is 4.74 Å². The SMILES string of the molecule is CC(C)(C)C(COc1cc(F)cc(F)c1)CS(N)(=O)=O. The van der Waals surface area contributed by atoms with Crippen molar-refractivity contribution in [3.8, 4) is 5.75 Å². The van der Waals surface area contributed by atoms with Crippen LogP contribution in [0.2, 0.25) is 0 Å². The van der Waals surface area contributed by atoms with E-state index in [9.17, 15) is 17.2 Å². The van der Waals surface area contributed by atoms with E-state index in [4.69, 9.17) is 9.88 Å². The lowest BCUT2D eigenvalue weighted by Crippen LogP contribution is -2.35. The highest BCUT2D eigenvalue weighted by Crippen LogP contribution is 2.28. The molecule has 0 bridgehead atoms. The first kappa shape index (κ1) is 16.8. The van der Waals surface area contributed by atoms with E-state index < -0.39 is 27.6 Å². The summed E-state index contributed by atoms with van der Waals surface area (Å²) in [5.41, 5.74) is -0.377. The number of halogens is 2. The Morgan fingerprint density at radius 1 is 1.20 bits per heavy atom. The minimum Gasteiger partial charge on any atom is -0.493 e. The van der Waals surface area contributed by atoms with Gasteiger partial charge in [-0.15, -0.1) is 0 Å². The van der Waals surface area contributed by atoms with Gasteiger partial charge in [0.05, 0.1) is 12.4 Å².